The highest BCUT2D eigenvalue weighted by atomic mass is 16.5. The second-order valence-corrected chi connectivity index (χ2v) is 7.60. The maximum absolute atomic E-state index is 13.1. The Morgan fingerprint density at radius 3 is 2.29 bits per heavy atom. The molecule has 0 bridgehead atoms. The predicted molar refractivity (Wildman–Crippen MR) is 121 cm³/mol. The Morgan fingerprint density at radius 2 is 1.71 bits per heavy atom. The lowest BCUT2D eigenvalue weighted by molar-refractivity contribution is -0.140. The zero-order chi connectivity index (χ0) is 22.5. The first-order valence-corrected chi connectivity index (χ1v) is 10.6. The van der Waals surface area contributed by atoms with Crippen molar-refractivity contribution in [3.05, 3.63) is 70.8 Å². The van der Waals surface area contributed by atoms with E-state index in [4.69, 9.17) is 4.74 Å². The van der Waals surface area contributed by atoms with Crippen LogP contribution in [0.3, 0.4) is 0 Å². The molecule has 0 spiro atoms. The van der Waals surface area contributed by atoms with Crippen molar-refractivity contribution in [2.24, 2.45) is 0 Å². The summed E-state index contributed by atoms with van der Waals surface area (Å²) in [5.41, 5.74) is 2.41. The van der Waals surface area contributed by atoms with Gasteiger partial charge in [-0.3, -0.25) is 9.59 Å². The van der Waals surface area contributed by atoms with Gasteiger partial charge in [0.15, 0.2) is 0 Å². The first kappa shape index (κ1) is 22.6. The van der Waals surface area contributed by atoms with Gasteiger partial charge in [-0.1, -0.05) is 38.1 Å². The quantitative estimate of drug-likeness (QED) is 0.398. The number of carbonyl (C=O) groups is 2. The molecule has 1 fully saturated rings. The van der Waals surface area contributed by atoms with Crippen LogP contribution < -0.4 is 4.74 Å². The largest absolute Gasteiger partial charge is 0.507 e. The van der Waals surface area contributed by atoms with E-state index in [0.29, 0.717) is 24.4 Å². The van der Waals surface area contributed by atoms with E-state index in [0.717, 1.165) is 24.2 Å². The van der Waals surface area contributed by atoms with Gasteiger partial charge in [0, 0.05) is 18.7 Å². The molecule has 6 heteroatoms. The number of ketones is 1. The zero-order valence-electron chi connectivity index (χ0n) is 18.6. The van der Waals surface area contributed by atoms with Gasteiger partial charge in [-0.05, 0) is 55.4 Å². The van der Waals surface area contributed by atoms with Gasteiger partial charge in [0.25, 0.3) is 11.7 Å². The SMILES string of the molecule is CCN(CC)CCN1C(=O)C(=O)/C(=C(\O)c2ccc(OC)cc2)C1c1ccccc1C. The molecule has 2 aromatic rings. The molecule has 1 atom stereocenters. The highest BCUT2D eigenvalue weighted by Gasteiger charge is 2.46. The van der Waals surface area contributed by atoms with Gasteiger partial charge >= 0.3 is 0 Å². The Kier molecular flexibility index (Phi) is 7.13. The summed E-state index contributed by atoms with van der Waals surface area (Å²) in [6.07, 6.45) is 0. The molecule has 2 aromatic carbocycles. The Hall–Kier alpha value is -3.12. The van der Waals surface area contributed by atoms with Crippen molar-refractivity contribution in [1.29, 1.82) is 0 Å². The molecule has 1 saturated heterocycles. The summed E-state index contributed by atoms with van der Waals surface area (Å²) >= 11 is 0. The first-order valence-electron chi connectivity index (χ1n) is 10.6. The zero-order valence-corrected chi connectivity index (χ0v) is 18.6. The van der Waals surface area contributed by atoms with Crippen LogP contribution in [-0.4, -0.2) is 59.9 Å². The van der Waals surface area contributed by atoms with Gasteiger partial charge in [-0.25, -0.2) is 0 Å². The van der Waals surface area contributed by atoms with Crippen molar-refractivity contribution < 1.29 is 19.4 Å². The normalized spacial score (nSPS) is 18.1. The minimum absolute atomic E-state index is 0.129. The fourth-order valence-corrected chi connectivity index (χ4v) is 4.02. The summed E-state index contributed by atoms with van der Waals surface area (Å²) in [5, 5.41) is 11.1. The summed E-state index contributed by atoms with van der Waals surface area (Å²) in [4.78, 5) is 29.9. The Morgan fingerprint density at radius 1 is 1.06 bits per heavy atom. The molecule has 0 aromatic heterocycles. The predicted octanol–water partition coefficient (Wildman–Crippen LogP) is 3.77. The minimum Gasteiger partial charge on any atom is -0.507 e. The van der Waals surface area contributed by atoms with Crippen LogP contribution in [0.2, 0.25) is 0 Å². The molecule has 0 radical (unpaired) electrons. The summed E-state index contributed by atoms with van der Waals surface area (Å²) in [6, 6.07) is 13.9. The van der Waals surface area contributed by atoms with Gasteiger partial charge in [-0.15, -0.1) is 0 Å². The van der Waals surface area contributed by atoms with Crippen LogP contribution in [0.1, 0.15) is 36.6 Å². The molecule has 1 aliphatic rings. The van der Waals surface area contributed by atoms with Crippen LogP contribution in [0.15, 0.2) is 54.1 Å². The average Bonchev–Trinajstić information content (AvgIpc) is 3.04. The number of aliphatic hydroxyl groups excluding tert-OH is 1. The third kappa shape index (κ3) is 4.49. The lowest BCUT2D eigenvalue weighted by Crippen LogP contribution is -2.38. The van der Waals surface area contributed by atoms with E-state index in [2.05, 4.69) is 18.7 Å². The number of likely N-dealkylation sites (N-methyl/N-ethyl adjacent to an activating group) is 1. The number of methoxy groups -OCH3 is 1. The Balaban J connectivity index is 2.10. The average molecular weight is 423 g/mol. The summed E-state index contributed by atoms with van der Waals surface area (Å²) in [7, 11) is 1.56. The molecule has 0 saturated carbocycles. The number of likely N-dealkylation sites (tertiary alicyclic amines) is 1. The molecular formula is C25H30N2O4. The molecule has 1 amide bonds. The number of hydrogen-bond donors (Lipinski definition) is 1. The van der Waals surface area contributed by atoms with Gasteiger partial charge in [-0.2, -0.15) is 0 Å². The topological polar surface area (TPSA) is 70.1 Å². The van der Waals surface area contributed by atoms with Gasteiger partial charge in [0.1, 0.15) is 11.5 Å². The van der Waals surface area contributed by atoms with Crippen LogP contribution in [0.4, 0.5) is 0 Å². The third-order valence-corrected chi connectivity index (χ3v) is 5.94. The first-order chi connectivity index (χ1) is 14.9. The number of hydrogen-bond acceptors (Lipinski definition) is 5. The molecule has 164 valence electrons. The molecule has 1 heterocycles. The standard InChI is InChI=1S/C25H30N2O4/c1-5-26(6-2)15-16-27-22(20-10-8-7-9-17(20)3)21(24(29)25(27)30)23(28)18-11-13-19(31-4)14-12-18/h7-14,22,28H,5-6,15-16H2,1-4H3/b23-21-. The van der Waals surface area contributed by atoms with E-state index in [1.54, 1.807) is 36.3 Å². The molecule has 3 rings (SSSR count). The molecular weight excluding hydrogens is 392 g/mol. The third-order valence-electron chi connectivity index (χ3n) is 5.94. The number of ether oxygens (including phenoxy) is 1. The van der Waals surface area contributed by atoms with Crippen LogP contribution in [0, 0.1) is 6.92 Å². The number of carbonyl (C=O) groups excluding carboxylic acids is 2. The maximum Gasteiger partial charge on any atom is 0.295 e. The molecule has 31 heavy (non-hydrogen) atoms. The van der Waals surface area contributed by atoms with E-state index in [1.807, 2.05) is 31.2 Å². The van der Waals surface area contributed by atoms with Crippen LogP contribution in [-0.2, 0) is 9.59 Å². The number of aryl methyl sites for hydroxylation is 1. The number of rotatable bonds is 8. The molecule has 6 nitrogen and oxygen atoms in total. The number of Topliss-reactive ketones (excluding diaryl/α,β-unsaturated/α-hetero) is 1. The van der Waals surface area contributed by atoms with Crippen LogP contribution in [0.25, 0.3) is 5.76 Å². The molecule has 1 N–H and O–H groups in total. The van der Waals surface area contributed by atoms with E-state index < -0.39 is 17.7 Å². The van der Waals surface area contributed by atoms with Crippen molar-refractivity contribution in [1.82, 2.24) is 9.80 Å². The van der Waals surface area contributed by atoms with Gasteiger partial charge < -0.3 is 19.6 Å². The van der Waals surface area contributed by atoms with Crippen molar-refractivity contribution in [3.8, 4) is 5.75 Å². The Labute approximate surface area is 183 Å². The van der Waals surface area contributed by atoms with E-state index in [9.17, 15) is 14.7 Å². The molecule has 1 unspecified atom stereocenters. The maximum atomic E-state index is 13.1. The van der Waals surface area contributed by atoms with Crippen LogP contribution in [0.5, 0.6) is 5.75 Å². The molecule has 1 aliphatic heterocycles. The van der Waals surface area contributed by atoms with E-state index in [1.165, 1.54) is 0 Å². The van der Waals surface area contributed by atoms with Crippen molar-refractivity contribution in [2.75, 3.05) is 33.3 Å². The number of aliphatic hydroxyl groups is 1. The number of nitrogens with zero attached hydrogens (tertiary/aromatic N) is 2. The van der Waals surface area contributed by atoms with E-state index >= 15 is 0 Å². The smallest absolute Gasteiger partial charge is 0.295 e. The van der Waals surface area contributed by atoms with E-state index in [-0.39, 0.29) is 11.3 Å². The van der Waals surface area contributed by atoms with Crippen molar-refractivity contribution in [2.45, 2.75) is 26.8 Å². The second kappa shape index (κ2) is 9.79. The van der Waals surface area contributed by atoms with Gasteiger partial charge in [0.05, 0.1) is 18.7 Å². The summed E-state index contributed by atoms with van der Waals surface area (Å²) < 4.78 is 5.18. The Bertz CT molecular complexity index is 977. The second-order valence-electron chi connectivity index (χ2n) is 7.60. The summed E-state index contributed by atoms with van der Waals surface area (Å²) in [5.74, 6) is -0.747. The lowest BCUT2D eigenvalue weighted by atomic mass is 9.92. The molecule has 0 aliphatic carbocycles. The highest BCUT2D eigenvalue weighted by Crippen LogP contribution is 2.40. The fraction of sp³-hybridized carbons (Fsp3) is 0.360. The monoisotopic (exact) mass is 422 g/mol. The van der Waals surface area contributed by atoms with Crippen LogP contribution >= 0.6 is 0 Å². The minimum atomic E-state index is -0.652. The lowest BCUT2D eigenvalue weighted by Gasteiger charge is -2.29. The number of amides is 1. The fourth-order valence-electron chi connectivity index (χ4n) is 4.02. The summed E-state index contributed by atoms with van der Waals surface area (Å²) in [6.45, 7) is 8.88. The van der Waals surface area contributed by atoms with Gasteiger partial charge in [0.2, 0.25) is 0 Å². The van der Waals surface area contributed by atoms with Crippen molar-refractivity contribution in [3.63, 3.8) is 0 Å². The highest BCUT2D eigenvalue weighted by molar-refractivity contribution is 6.46. The van der Waals surface area contributed by atoms with Crippen molar-refractivity contribution >= 4 is 17.4 Å². The number of benzene rings is 2.